The number of methoxy groups -OCH3 is 2. The number of benzene rings is 3. The lowest BCUT2D eigenvalue weighted by molar-refractivity contribution is -0.197. The van der Waals surface area contributed by atoms with E-state index in [2.05, 4.69) is 0 Å². The standard InChI is InChI=1S/C37H44N2O11/c1-24-19-25(2)21-28(20-24)32(41)39(37(4,5)6)38(33(42)29-15-12-16-30(46-8)26(29)3)36(44)50-35(49-31(40)23-47-18-17-45-7)34(43)48-22-27-13-10-9-11-14-27/h9-16,19-21,35H,17-18,22-23H2,1-8H3. The highest BCUT2D eigenvalue weighted by atomic mass is 16.8. The number of ether oxygens (including phenoxy) is 6. The van der Waals surface area contributed by atoms with Crippen molar-refractivity contribution >= 4 is 29.8 Å². The first kappa shape index (κ1) is 39.2. The van der Waals surface area contributed by atoms with Gasteiger partial charge in [-0.1, -0.05) is 53.6 Å². The normalized spacial score (nSPS) is 11.6. The Hall–Kier alpha value is -5.27. The summed E-state index contributed by atoms with van der Waals surface area (Å²) in [6.45, 7) is 9.42. The molecule has 3 amide bonds. The molecule has 268 valence electrons. The molecule has 13 heteroatoms. The Morgan fingerprint density at radius 1 is 0.780 bits per heavy atom. The van der Waals surface area contributed by atoms with Crippen LogP contribution in [0.25, 0.3) is 0 Å². The topological polar surface area (TPSA) is 147 Å². The Morgan fingerprint density at radius 2 is 1.44 bits per heavy atom. The summed E-state index contributed by atoms with van der Waals surface area (Å²) in [5.41, 5.74) is 1.46. The summed E-state index contributed by atoms with van der Waals surface area (Å²) >= 11 is 0. The molecular formula is C37H44N2O11. The van der Waals surface area contributed by atoms with Crippen LogP contribution in [0.2, 0.25) is 0 Å². The average molecular weight is 693 g/mol. The summed E-state index contributed by atoms with van der Waals surface area (Å²) < 4.78 is 31.5. The van der Waals surface area contributed by atoms with E-state index in [1.54, 1.807) is 96.1 Å². The van der Waals surface area contributed by atoms with Crippen LogP contribution in [0, 0.1) is 20.8 Å². The van der Waals surface area contributed by atoms with Crippen molar-refractivity contribution in [2.75, 3.05) is 34.0 Å². The van der Waals surface area contributed by atoms with E-state index in [4.69, 9.17) is 28.4 Å². The van der Waals surface area contributed by atoms with E-state index in [1.807, 2.05) is 6.07 Å². The molecule has 0 aliphatic heterocycles. The lowest BCUT2D eigenvalue weighted by Gasteiger charge is -2.41. The highest BCUT2D eigenvalue weighted by molar-refractivity contribution is 6.07. The Balaban J connectivity index is 2.09. The van der Waals surface area contributed by atoms with Gasteiger partial charge in [0.2, 0.25) is 0 Å². The molecule has 1 atom stereocenters. The molecule has 0 aromatic heterocycles. The van der Waals surface area contributed by atoms with Gasteiger partial charge in [0.15, 0.2) is 0 Å². The lowest BCUT2D eigenvalue weighted by Crippen LogP contribution is -2.61. The minimum atomic E-state index is -2.29. The molecule has 13 nitrogen and oxygen atoms in total. The average Bonchev–Trinajstić information content (AvgIpc) is 3.06. The summed E-state index contributed by atoms with van der Waals surface area (Å²) in [7, 11) is 2.87. The number of hydrazine groups is 1. The number of nitrogens with zero attached hydrogens (tertiary/aromatic N) is 2. The summed E-state index contributed by atoms with van der Waals surface area (Å²) in [5.74, 6) is -3.68. The van der Waals surface area contributed by atoms with Crippen molar-refractivity contribution < 1.29 is 52.4 Å². The highest BCUT2D eigenvalue weighted by Gasteiger charge is 2.43. The number of aryl methyl sites for hydroxylation is 2. The molecule has 50 heavy (non-hydrogen) atoms. The highest BCUT2D eigenvalue weighted by Crippen LogP contribution is 2.28. The van der Waals surface area contributed by atoms with Gasteiger partial charge in [-0.15, -0.1) is 5.01 Å². The number of amides is 3. The molecule has 0 N–H and O–H groups in total. The molecule has 0 heterocycles. The number of hydrogen-bond donors (Lipinski definition) is 0. The van der Waals surface area contributed by atoms with Gasteiger partial charge in [0.1, 0.15) is 19.0 Å². The maximum Gasteiger partial charge on any atom is 0.440 e. The van der Waals surface area contributed by atoms with Gasteiger partial charge in [-0.25, -0.2) is 19.4 Å². The van der Waals surface area contributed by atoms with Crippen molar-refractivity contribution in [3.8, 4) is 5.75 Å². The fourth-order valence-corrected chi connectivity index (χ4v) is 4.86. The molecule has 3 aromatic rings. The molecule has 1 unspecified atom stereocenters. The van der Waals surface area contributed by atoms with Crippen molar-refractivity contribution in [3.05, 3.63) is 100 Å². The van der Waals surface area contributed by atoms with Crippen LogP contribution in [-0.4, -0.2) is 85.7 Å². The zero-order chi connectivity index (χ0) is 37.0. The van der Waals surface area contributed by atoms with E-state index in [0.29, 0.717) is 21.9 Å². The van der Waals surface area contributed by atoms with Gasteiger partial charge < -0.3 is 28.4 Å². The summed E-state index contributed by atoms with van der Waals surface area (Å²) in [6, 6.07) is 18.4. The fraction of sp³-hybridized carbons (Fsp3) is 0.378. The number of rotatable bonds is 13. The van der Waals surface area contributed by atoms with Gasteiger partial charge in [-0.05, 0) is 71.4 Å². The van der Waals surface area contributed by atoms with E-state index in [1.165, 1.54) is 20.3 Å². The molecule has 0 saturated heterocycles. The Labute approximate surface area is 291 Å². The van der Waals surface area contributed by atoms with E-state index in [0.717, 1.165) is 16.1 Å². The molecule has 3 rings (SSSR count). The quantitative estimate of drug-likeness (QED) is 0.0991. The third kappa shape index (κ3) is 10.6. The first-order chi connectivity index (χ1) is 23.7. The van der Waals surface area contributed by atoms with Crippen molar-refractivity contribution in [2.45, 2.75) is 60.0 Å². The van der Waals surface area contributed by atoms with Crippen molar-refractivity contribution in [1.82, 2.24) is 10.0 Å². The molecule has 3 aromatic carbocycles. The van der Waals surface area contributed by atoms with Crippen molar-refractivity contribution in [2.24, 2.45) is 0 Å². The Kier molecular flexibility index (Phi) is 14.0. The van der Waals surface area contributed by atoms with Crippen molar-refractivity contribution in [3.63, 3.8) is 0 Å². The van der Waals surface area contributed by atoms with Crippen LogP contribution >= 0.6 is 0 Å². The van der Waals surface area contributed by atoms with E-state index in [9.17, 15) is 24.0 Å². The zero-order valence-electron chi connectivity index (χ0n) is 29.6. The third-order valence-corrected chi connectivity index (χ3v) is 7.11. The SMILES string of the molecule is COCCOCC(=O)OC(OC(=O)N(C(=O)c1cccc(OC)c1C)N(C(=O)c1cc(C)cc(C)c1)C(C)(C)C)C(=O)OCc1ccccc1. The number of imide groups is 1. The number of esters is 2. The molecule has 0 aliphatic rings. The summed E-state index contributed by atoms with van der Waals surface area (Å²) in [6.07, 6.45) is -3.79. The Morgan fingerprint density at radius 3 is 2.04 bits per heavy atom. The van der Waals surface area contributed by atoms with Crippen LogP contribution in [0.3, 0.4) is 0 Å². The molecular weight excluding hydrogens is 648 g/mol. The zero-order valence-corrected chi connectivity index (χ0v) is 29.6. The molecule has 0 radical (unpaired) electrons. The van der Waals surface area contributed by atoms with Crippen LogP contribution in [0.1, 0.15) is 63.7 Å². The van der Waals surface area contributed by atoms with E-state index in [-0.39, 0.29) is 30.9 Å². The van der Waals surface area contributed by atoms with Gasteiger partial charge in [-0.2, -0.15) is 0 Å². The second kappa shape index (κ2) is 17.9. The maximum absolute atomic E-state index is 14.4. The monoisotopic (exact) mass is 692 g/mol. The van der Waals surface area contributed by atoms with Crippen molar-refractivity contribution in [1.29, 1.82) is 0 Å². The van der Waals surface area contributed by atoms with Crippen LogP contribution in [0.5, 0.6) is 5.75 Å². The predicted octanol–water partition coefficient (Wildman–Crippen LogP) is 5.33. The second-order valence-electron chi connectivity index (χ2n) is 12.3. The molecule has 0 spiro atoms. The predicted molar refractivity (Wildman–Crippen MR) is 181 cm³/mol. The Bertz CT molecular complexity index is 1650. The number of carbonyl (C=O) groups is 5. The van der Waals surface area contributed by atoms with Gasteiger partial charge in [0.05, 0.1) is 25.9 Å². The molecule has 0 aliphatic carbocycles. The molecule has 0 fully saturated rings. The first-order valence-corrected chi connectivity index (χ1v) is 15.8. The van der Waals surface area contributed by atoms with Crippen LogP contribution in [0.15, 0.2) is 66.7 Å². The summed E-state index contributed by atoms with van der Waals surface area (Å²) in [4.78, 5) is 69.1. The van der Waals surface area contributed by atoms with Gasteiger partial charge in [-0.3, -0.25) is 9.59 Å². The van der Waals surface area contributed by atoms with Gasteiger partial charge in [0, 0.05) is 23.8 Å². The third-order valence-electron chi connectivity index (χ3n) is 7.11. The maximum atomic E-state index is 14.4. The van der Waals surface area contributed by atoms with Crippen LogP contribution in [-0.2, 0) is 39.9 Å². The minimum Gasteiger partial charge on any atom is -0.496 e. The number of carbonyl (C=O) groups excluding carboxylic acids is 5. The lowest BCUT2D eigenvalue weighted by atomic mass is 10.0. The second-order valence-corrected chi connectivity index (χ2v) is 12.3. The largest absolute Gasteiger partial charge is 0.496 e. The first-order valence-electron chi connectivity index (χ1n) is 15.8. The smallest absolute Gasteiger partial charge is 0.440 e. The van der Waals surface area contributed by atoms with E-state index >= 15 is 0 Å². The minimum absolute atomic E-state index is 0.00415. The van der Waals surface area contributed by atoms with Gasteiger partial charge in [0.25, 0.3) is 11.8 Å². The van der Waals surface area contributed by atoms with E-state index < -0.39 is 48.3 Å². The molecule has 0 bridgehead atoms. The van der Waals surface area contributed by atoms with Gasteiger partial charge >= 0.3 is 24.3 Å². The summed E-state index contributed by atoms with van der Waals surface area (Å²) in [5, 5.41) is 1.43. The molecule has 0 saturated carbocycles. The van der Waals surface area contributed by atoms with Crippen LogP contribution < -0.4 is 4.74 Å². The van der Waals surface area contributed by atoms with Crippen LogP contribution in [0.4, 0.5) is 4.79 Å². The number of hydrogen-bond acceptors (Lipinski definition) is 11. The fourth-order valence-electron chi connectivity index (χ4n) is 4.86.